The van der Waals surface area contributed by atoms with Gasteiger partial charge >= 0.3 is 12.1 Å². The highest BCUT2D eigenvalue weighted by Gasteiger charge is 2.38. The fraction of sp³-hybridized carbons (Fsp3) is 0.348. The number of amides is 3. The molecule has 2 aromatic carbocycles. The van der Waals surface area contributed by atoms with Gasteiger partial charge in [-0.25, -0.2) is 0 Å². The van der Waals surface area contributed by atoms with Crippen molar-refractivity contribution >= 4 is 23.4 Å². The molecule has 0 radical (unpaired) electrons. The van der Waals surface area contributed by atoms with Crippen LogP contribution < -0.4 is 10.6 Å². The van der Waals surface area contributed by atoms with E-state index in [1.807, 2.05) is 18.2 Å². The summed E-state index contributed by atoms with van der Waals surface area (Å²) in [6.45, 7) is -0.425. The average Bonchev–Trinajstić information content (AvgIpc) is 3.21. The Bertz CT molecular complexity index is 1020. The molecule has 2 aromatic rings. The van der Waals surface area contributed by atoms with E-state index in [0.717, 1.165) is 19.3 Å². The van der Waals surface area contributed by atoms with Crippen LogP contribution in [0.5, 0.6) is 0 Å². The lowest BCUT2D eigenvalue weighted by Gasteiger charge is -2.19. The molecule has 0 atom stereocenters. The van der Waals surface area contributed by atoms with E-state index in [-0.39, 0.29) is 31.3 Å². The van der Waals surface area contributed by atoms with Crippen LogP contribution in [0.3, 0.4) is 0 Å². The molecule has 2 N–H and O–H groups in total. The van der Waals surface area contributed by atoms with Gasteiger partial charge in [-0.15, -0.1) is 0 Å². The molecular weight excluding hydrogens is 423 g/mol. The number of nitrogens with zero attached hydrogens (tertiary/aromatic N) is 1. The highest BCUT2D eigenvalue weighted by molar-refractivity contribution is 6.06. The summed E-state index contributed by atoms with van der Waals surface area (Å²) in [6, 6.07) is 12.5. The van der Waals surface area contributed by atoms with Crippen LogP contribution in [0.15, 0.2) is 42.5 Å². The number of alkyl halides is 3. The molecule has 0 unspecified atom stereocenters. The molecule has 1 aliphatic carbocycles. The highest BCUT2D eigenvalue weighted by atomic mass is 19.4. The Kier molecular flexibility index (Phi) is 7.17. The van der Waals surface area contributed by atoms with Crippen molar-refractivity contribution < 1.29 is 27.6 Å². The Labute approximate surface area is 183 Å². The Morgan fingerprint density at radius 3 is 2.50 bits per heavy atom. The molecule has 0 bridgehead atoms. The summed E-state index contributed by atoms with van der Waals surface area (Å²) >= 11 is 0. The van der Waals surface area contributed by atoms with Crippen molar-refractivity contribution in [2.24, 2.45) is 0 Å². The van der Waals surface area contributed by atoms with Crippen LogP contribution >= 0.6 is 0 Å². The molecule has 170 valence electrons. The molecule has 32 heavy (non-hydrogen) atoms. The van der Waals surface area contributed by atoms with E-state index in [4.69, 9.17) is 0 Å². The highest BCUT2D eigenvalue weighted by Crippen LogP contribution is 2.25. The van der Waals surface area contributed by atoms with Gasteiger partial charge in [0.2, 0.25) is 5.91 Å². The Morgan fingerprint density at radius 1 is 1.03 bits per heavy atom. The van der Waals surface area contributed by atoms with Gasteiger partial charge in [0.05, 0.1) is 6.42 Å². The fourth-order valence-corrected chi connectivity index (χ4v) is 3.60. The standard InChI is InChI=1S/C23H24F3N3O3/c1-29(12-11-27-22(32)23(24,25)26)20(30)14-17-5-2-3-8-19(17)21(31)28-18-10-9-15-6-4-7-16(15)13-18/h2-3,5,8-10,13H,4,6-7,11-12,14H2,1H3,(H,27,32)(H,28,31). The third kappa shape index (κ3) is 5.87. The van der Waals surface area contributed by atoms with E-state index in [9.17, 15) is 27.6 Å². The first kappa shape index (κ1) is 23.3. The topological polar surface area (TPSA) is 78.5 Å². The van der Waals surface area contributed by atoms with Gasteiger partial charge in [0, 0.05) is 31.4 Å². The van der Waals surface area contributed by atoms with Gasteiger partial charge in [0.15, 0.2) is 0 Å². The van der Waals surface area contributed by atoms with E-state index >= 15 is 0 Å². The van der Waals surface area contributed by atoms with Crippen LogP contribution in [0.2, 0.25) is 0 Å². The number of anilines is 1. The minimum Gasteiger partial charge on any atom is -0.347 e. The number of aryl methyl sites for hydroxylation is 2. The minimum absolute atomic E-state index is 0.0931. The van der Waals surface area contributed by atoms with E-state index < -0.39 is 12.1 Å². The van der Waals surface area contributed by atoms with Crippen molar-refractivity contribution in [1.82, 2.24) is 10.2 Å². The van der Waals surface area contributed by atoms with Gasteiger partial charge < -0.3 is 15.5 Å². The zero-order valence-electron chi connectivity index (χ0n) is 17.6. The fourth-order valence-electron chi connectivity index (χ4n) is 3.60. The molecule has 0 fully saturated rings. The number of likely N-dealkylation sites (N-methyl/N-ethyl adjacent to an activating group) is 1. The average molecular weight is 447 g/mol. The summed E-state index contributed by atoms with van der Waals surface area (Å²) in [5.74, 6) is -2.78. The van der Waals surface area contributed by atoms with Gasteiger partial charge in [-0.2, -0.15) is 13.2 Å². The van der Waals surface area contributed by atoms with Crippen molar-refractivity contribution in [3.05, 3.63) is 64.7 Å². The molecule has 0 spiro atoms. The lowest BCUT2D eigenvalue weighted by molar-refractivity contribution is -0.173. The third-order valence-electron chi connectivity index (χ3n) is 5.38. The number of hydrogen-bond acceptors (Lipinski definition) is 3. The largest absolute Gasteiger partial charge is 0.471 e. The molecule has 0 aliphatic heterocycles. The number of benzene rings is 2. The second-order valence-electron chi connectivity index (χ2n) is 7.69. The van der Waals surface area contributed by atoms with E-state index in [2.05, 4.69) is 5.32 Å². The van der Waals surface area contributed by atoms with Crippen molar-refractivity contribution in [3.63, 3.8) is 0 Å². The normalized spacial score (nSPS) is 12.8. The van der Waals surface area contributed by atoms with Crippen molar-refractivity contribution in [2.45, 2.75) is 31.9 Å². The number of fused-ring (bicyclic) bond motifs is 1. The number of nitrogens with one attached hydrogen (secondary N) is 2. The van der Waals surface area contributed by atoms with Gasteiger partial charge in [0.25, 0.3) is 5.91 Å². The van der Waals surface area contributed by atoms with Gasteiger partial charge in [-0.05, 0) is 54.2 Å². The first-order chi connectivity index (χ1) is 15.1. The van der Waals surface area contributed by atoms with Crippen LogP contribution in [0.4, 0.5) is 18.9 Å². The summed E-state index contributed by atoms with van der Waals surface area (Å²) < 4.78 is 36.7. The van der Waals surface area contributed by atoms with Gasteiger partial charge in [-0.3, -0.25) is 14.4 Å². The zero-order chi connectivity index (χ0) is 23.3. The second-order valence-corrected chi connectivity index (χ2v) is 7.69. The van der Waals surface area contributed by atoms with Gasteiger partial charge in [-0.1, -0.05) is 24.3 Å². The number of hydrogen-bond donors (Lipinski definition) is 2. The van der Waals surface area contributed by atoms with Crippen molar-refractivity contribution in [1.29, 1.82) is 0 Å². The lowest BCUT2D eigenvalue weighted by atomic mass is 10.0. The summed E-state index contributed by atoms with van der Waals surface area (Å²) in [7, 11) is 1.43. The minimum atomic E-state index is -4.96. The Balaban J connectivity index is 1.60. The van der Waals surface area contributed by atoms with Crippen LogP contribution in [0.1, 0.15) is 33.5 Å². The number of rotatable bonds is 7. The molecule has 0 heterocycles. The SMILES string of the molecule is CN(CCNC(=O)C(F)(F)F)C(=O)Cc1ccccc1C(=O)Nc1ccc2c(c1)CCC2. The molecule has 0 saturated carbocycles. The Hall–Kier alpha value is -3.36. The first-order valence-electron chi connectivity index (χ1n) is 10.2. The summed E-state index contributed by atoms with van der Waals surface area (Å²) in [6.07, 6.45) is -1.93. The predicted molar refractivity (Wildman–Crippen MR) is 113 cm³/mol. The maximum Gasteiger partial charge on any atom is 0.471 e. The van der Waals surface area contributed by atoms with E-state index in [1.165, 1.54) is 23.1 Å². The van der Waals surface area contributed by atoms with Crippen LogP contribution in [0, 0.1) is 0 Å². The monoisotopic (exact) mass is 447 g/mol. The summed E-state index contributed by atoms with van der Waals surface area (Å²) in [5, 5.41) is 4.60. The zero-order valence-corrected chi connectivity index (χ0v) is 17.6. The molecule has 6 nitrogen and oxygen atoms in total. The Morgan fingerprint density at radius 2 is 1.75 bits per heavy atom. The smallest absolute Gasteiger partial charge is 0.347 e. The number of carbonyl (C=O) groups excluding carboxylic acids is 3. The maximum absolute atomic E-state index is 12.8. The van der Waals surface area contributed by atoms with Crippen LogP contribution in [0.25, 0.3) is 0 Å². The van der Waals surface area contributed by atoms with E-state index in [0.29, 0.717) is 16.8 Å². The summed E-state index contributed by atoms with van der Waals surface area (Å²) in [5.41, 5.74) is 4.06. The third-order valence-corrected chi connectivity index (χ3v) is 5.38. The molecule has 0 saturated heterocycles. The van der Waals surface area contributed by atoms with Crippen LogP contribution in [-0.2, 0) is 28.9 Å². The molecule has 9 heteroatoms. The second kappa shape index (κ2) is 9.84. The quantitative estimate of drug-likeness (QED) is 0.685. The number of carbonyl (C=O) groups is 3. The molecule has 3 amide bonds. The maximum atomic E-state index is 12.8. The van der Waals surface area contributed by atoms with E-state index in [1.54, 1.807) is 29.6 Å². The van der Waals surface area contributed by atoms with Crippen LogP contribution in [-0.4, -0.2) is 48.9 Å². The van der Waals surface area contributed by atoms with Crippen molar-refractivity contribution in [3.8, 4) is 0 Å². The summed E-state index contributed by atoms with van der Waals surface area (Å²) in [4.78, 5) is 37.4. The van der Waals surface area contributed by atoms with Crippen molar-refractivity contribution in [2.75, 3.05) is 25.5 Å². The molecule has 3 rings (SSSR count). The van der Waals surface area contributed by atoms with Gasteiger partial charge in [0.1, 0.15) is 0 Å². The lowest BCUT2D eigenvalue weighted by Crippen LogP contribution is -2.42. The molecule has 1 aliphatic rings. The first-order valence-corrected chi connectivity index (χ1v) is 10.2. The molecule has 0 aromatic heterocycles. The predicted octanol–water partition coefficient (Wildman–Crippen LogP) is 3.11. The number of halogens is 3. The molecular formula is C23H24F3N3O3.